The average Bonchev–Trinajstić information content (AvgIpc) is 1.80. The first-order valence-corrected chi connectivity index (χ1v) is 4.01. The molecule has 0 rings (SSSR count). The Morgan fingerprint density at radius 3 is 1.86 bits per heavy atom. The topological polar surface area (TPSA) is 107 Å². The van der Waals surface area contributed by atoms with Crippen LogP contribution < -0.4 is 64.2 Å². The van der Waals surface area contributed by atoms with Gasteiger partial charge in [0.15, 0.2) is 0 Å². The SMILES string of the molecule is C=CCOS(=O)(=O)[O-].CC(=O)[O-].[Na+].[Na+]. The van der Waals surface area contributed by atoms with E-state index in [4.69, 9.17) is 9.90 Å². The first-order chi connectivity index (χ1) is 5.29. The Labute approximate surface area is 127 Å². The van der Waals surface area contributed by atoms with Crippen LogP contribution in [0, 0.1) is 0 Å². The maximum Gasteiger partial charge on any atom is 1.00 e. The summed E-state index contributed by atoms with van der Waals surface area (Å²) in [7, 11) is -4.51. The number of carboxylic acid groups (broad SMARTS) is 1. The maximum atomic E-state index is 9.56. The normalized spacial score (nSPS) is 8.14. The van der Waals surface area contributed by atoms with Crippen LogP contribution in [0.3, 0.4) is 0 Å². The van der Waals surface area contributed by atoms with Gasteiger partial charge in [-0.3, -0.25) is 4.18 Å². The molecular formula is C5H8Na2O6S. The van der Waals surface area contributed by atoms with Gasteiger partial charge in [-0.2, -0.15) is 0 Å². The van der Waals surface area contributed by atoms with Gasteiger partial charge in [-0.25, -0.2) is 8.42 Å². The van der Waals surface area contributed by atoms with Crippen LogP contribution in [0.5, 0.6) is 0 Å². The van der Waals surface area contributed by atoms with Crippen molar-refractivity contribution in [2.45, 2.75) is 6.92 Å². The summed E-state index contributed by atoms with van der Waals surface area (Å²) in [5.74, 6) is -1.08. The second-order valence-corrected chi connectivity index (χ2v) is 2.53. The summed E-state index contributed by atoms with van der Waals surface area (Å²) in [6.07, 6.45) is 1.18. The molecule has 0 heterocycles. The van der Waals surface area contributed by atoms with Gasteiger partial charge in [-0.1, -0.05) is 6.08 Å². The summed E-state index contributed by atoms with van der Waals surface area (Å²) in [6, 6.07) is 0. The van der Waals surface area contributed by atoms with Gasteiger partial charge in [-0.15, -0.1) is 6.58 Å². The molecule has 14 heavy (non-hydrogen) atoms. The van der Waals surface area contributed by atoms with E-state index in [0.29, 0.717) is 0 Å². The molecule has 0 aromatic carbocycles. The van der Waals surface area contributed by atoms with Crippen molar-refractivity contribution in [3.8, 4) is 0 Å². The second-order valence-electron chi connectivity index (χ2n) is 1.47. The van der Waals surface area contributed by atoms with Crippen LogP contribution in [0.25, 0.3) is 0 Å². The van der Waals surface area contributed by atoms with Crippen molar-refractivity contribution in [1.29, 1.82) is 0 Å². The summed E-state index contributed by atoms with van der Waals surface area (Å²) >= 11 is 0. The molecule has 0 saturated carbocycles. The molecule has 6 nitrogen and oxygen atoms in total. The zero-order chi connectivity index (χ0) is 10.2. The van der Waals surface area contributed by atoms with Crippen molar-refractivity contribution in [3.63, 3.8) is 0 Å². The number of carbonyl (C=O) groups excluding carboxylic acids is 1. The van der Waals surface area contributed by atoms with Gasteiger partial charge in [0, 0.05) is 5.97 Å². The fourth-order valence-electron chi connectivity index (χ4n) is 0.131. The van der Waals surface area contributed by atoms with E-state index < -0.39 is 16.4 Å². The van der Waals surface area contributed by atoms with E-state index in [1.165, 1.54) is 6.08 Å². The molecule has 0 aromatic heterocycles. The molecule has 0 aliphatic carbocycles. The zero-order valence-corrected chi connectivity index (χ0v) is 13.2. The Bertz CT molecular complexity index is 233. The molecule has 0 atom stereocenters. The van der Waals surface area contributed by atoms with E-state index in [9.17, 15) is 13.0 Å². The van der Waals surface area contributed by atoms with Gasteiger partial charge in [-0.05, 0) is 6.92 Å². The minimum Gasteiger partial charge on any atom is -0.726 e. The Morgan fingerprint density at radius 1 is 1.50 bits per heavy atom. The number of hydrogen-bond donors (Lipinski definition) is 0. The smallest absolute Gasteiger partial charge is 0.726 e. The Morgan fingerprint density at radius 2 is 1.79 bits per heavy atom. The van der Waals surface area contributed by atoms with Gasteiger partial charge < -0.3 is 14.5 Å². The van der Waals surface area contributed by atoms with Crippen LogP contribution in [0.1, 0.15) is 6.92 Å². The maximum absolute atomic E-state index is 9.56. The third-order valence-corrected chi connectivity index (χ3v) is 0.755. The molecule has 0 fully saturated rings. The molecule has 0 aromatic rings. The van der Waals surface area contributed by atoms with E-state index in [2.05, 4.69) is 10.8 Å². The van der Waals surface area contributed by atoms with Crippen LogP contribution in [0.4, 0.5) is 0 Å². The Kier molecular flexibility index (Phi) is 24.5. The van der Waals surface area contributed by atoms with Gasteiger partial charge >= 0.3 is 59.1 Å². The van der Waals surface area contributed by atoms with Crippen molar-refractivity contribution in [2.75, 3.05) is 6.61 Å². The molecule has 0 spiro atoms. The summed E-state index contributed by atoms with van der Waals surface area (Å²) < 4.78 is 32.4. The Hall–Kier alpha value is 1.08. The third-order valence-electron chi connectivity index (χ3n) is 0.330. The molecule has 0 amide bonds. The van der Waals surface area contributed by atoms with Crippen molar-refractivity contribution in [2.24, 2.45) is 0 Å². The number of rotatable bonds is 3. The largest absolute Gasteiger partial charge is 1.00 e. The number of carbonyl (C=O) groups is 1. The summed E-state index contributed by atoms with van der Waals surface area (Å²) in [6.45, 7) is 3.85. The molecule has 0 aliphatic heterocycles. The summed E-state index contributed by atoms with van der Waals surface area (Å²) in [4.78, 5) is 8.89. The van der Waals surface area contributed by atoms with Gasteiger partial charge in [0.25, 0.3) is 0 Å². The van der Waals surface area contributed by atoms with Crippen LogP contribution in [-0.4, -0.2) is 25.5 Å². The van der Waals surface area contributed by atoms with E-state index in [1.54, 1.807) is 0 Å². The van der Waals surface area contributed by atoms with Crippen LogP contribution >= 0.6 is 0 Å². The fraction of sp³-hybridized carbons (Fsp3) is 0.400. The van der Waals surface area contributed by atoms with E-state index in [1.807, 2.05) is 0 Å². The molecule has 0 N–H and O–H groups in total. The predicted octanol–water partition coefficient (Wildman–Crippen LogP) is -7.59. The van der Waals surface area contributed by atoms with Crippen molar-refractivity contribution >= 4 is 16.4 Å². The van der Waals surface area contributed by atoms with E-state index in [-0.39, 0.29) is 65.7 Å². The number of carboxylic acids is 1. The quantitative estimate of drug-likeness (QED) is 0.210. The first kappa shape index (κ1) is 24.4. The molecule has 9 heteroatoms. The van der Waals surface area contributed by atoms with Crippen molar-refractivity contribution in [1.82, 2.24) is 0 Å². The number of hydrogen-bond acceptors (Lipinski definition) is 6. The molecule has 0 bridgehead atoms. The van der Waals surface area contributed by atoms with Crippen LogP contribution in [0.2, 0.25) is 0 Å². The molecule has 0 saturated heterocycles. The standard InChI is InChI=1S/C3H6O4S.C2H4O2.2Na/c1-2-3-7-8(4,5)6;1-2(3)4;;/h2H,1,3H2,(H,4,5,6);1H3,(H,3,4);;/q;;2*+1/p-2. The van der Waals surface area contributed by atoms with Crippen molar-refractivity contribution in [3.05, 3.63) is 12.7 Å². The Balaban J connectivity index is -0.0000000733. The number of aliphatic carboxylic acids is 1. The second kappa shape index (κ2) is 14.1. The molecule has 0 unspecified atom stereocenters. The predicted molar refractivity (Wildman–Crippen MR) is 36.5 cm³/mol. The van der Waals surface area contributed by atoms with Gasteiger partial charge in [0.1, 0.15) is 0 Å². The van der Waals surface area contributed by atoms with Gasteiger partial charge in [0.2, 0.25) is 10.4 Å². The fourth-order valence-corrected chi connectivity index (χ4v) is 0.394. The molecule has 0 aliphatic rings. The van der Waals surface area contributed by atoms with Crippen LogP contribution in [-0.2, 0) is 19.4 Å². The first-order valence-electron chi connectivity index (χ1n) is 2.68. The van der Waals surface area contributed by atoms with Crippen molar-refractivity contribution < 1.29 is 86.2 Å². The summed E-state index contributed by atoms with van der Waals surface area (Å²) in [5, 5.41) is 8.89. The third kappa shape index (κ3) is 51.6. The van der Waals surface area contributed by atoms with Gasteiger partial charge in [0.05, 0.1) is 6.61 Å². The monoisotopic (exact) mass is 242 g/mol. The zero-order valence-electron chi connectivity index (χ0n) is 8.35. The molecular weight excluding hydrogens is 234 g/mol. The molecule has 0 radical (unpaired) electrons. The summed E-state index contributed by atoms with van der Waals surface area (Å²) in [5.41, 5.74) is 0. The van der Waals surface area contributed by atoms with E-state index >= 15 is 0 Å². The van der Waals surface area contributed by atoms with Crippen LogP contribution in [0.15, 0.2) is 12.7 Å². The minimum absolute atomic E-state index is 0. The molecule has 72 valence electrons. The van der Waals surface area contributed by atoms with E-state index in [0.717, 1.165) is 6.92 Å². The average molecular weight is 242 g/mol. The minimum atomic E-state index is -4.51.